The number of nitriles is 1. The summed E-state index contributed by atoms with van der Waals surface area (Å²) in [6.07, 6.45) is 0. The van der Waals surface area contributed by atoms with E-state index in [9.17, 15) is 19.6 Å². The van der Waals surface area contributed by atoms with Crippen molar-refractivity contribution < 1.29 is 14.3 Å². The Balaban J connectivity index is 1.61. The van der Waals surface area contributed by atoms with Crippen molar-refractivity contribution in [3.05, 3.63) is 123 Å². The Morgan fingerprint density at radius 3 is 2.08 bits per heavy atom. The molecule has 1 aromatic heterocycles. The van der Waals surface area contributed by atoms with Gasteiger partial charge in [-0.25, -0.2) is 0 Å². The number of benzene rings is 3. The van der Waals surface area contributed by atoms with Crippen LogP contribution < -0.4 is 10.3 Å². The number of H-pyrrole nitrogens is 1. The summed E-state index contributed by atoms with van der Waals surface area (Å²) in [5, 5.41) is 17.8. The zero-order valence-corrected chi connectivity index (χ0v) is 20.5. The molecule has 186 valence electrons. The molecule has 2 heterocycles. The van der Waals surface area contributed by atoms with Crippen LogP contribution in [-0.4, -0.2) is 28.8 Å². The van der Waals surface area contributed by atoms with Crippen molar-refractivity contribution in [2.24, 2.45) is 10.2 Å². The summed E-state index contributed by atoms with van der Waals surface area (Å²) in [7, 11) is 1.35. The van der Waals surface area contributed by atoms with Crippen LogP contribution in [0.1, 0.15) is 49.0 Å². The minimum absolute atomic E-state index is 0.0278. The molecule has 9 heteroatoms. The van der Waals surface area contributed by atoms with Crippen LogP contribution in [0.15, 0.2) is 93.9 Å². The van der Waals surface area contributed by atoms with Gasteiger partial charge < -0.3 is 4.74 Å². The lowest BCUT2D eigenvalue weighted by Gasteiger charge is -2.27. The second-order valence-corrected chi connectivity index (χ2v) is 8.55. The lowest BCUT2D eigenvalue weighted by atomic mass is 9.97. The molecule has 0 saturated carbocycles. The molecule has 1 N–H and O–H groups in total. The van der Waals surface area contributed by atoms with Gasteiger partial charge in [-0.05, 0) is 30.2 Å². The zero-order chi connectivity index (χ0) is 26.8. The van der Waals surface area contributed by atoms with E-state index < -0.39 is 23.4 Å². The predicted octanol–water partition coefficient (Wildman–Crippen LogP) is 5.36. The average Bonchev–Trinajstić information content (AvgIpc) is 3.19. The highest BCUT2D eigenvalue weighted by molar-refractivity contribution is 6.23. The fraction of sp³-hybridized carbons (Fsp3) is 0.103. The maximum Gasteiger partial charge on any atom is 0.269 e. The van der Waals surface area contributed by atoms with E-state index in [2.05, 4.69) is 15.2 Å². The number of nitrogens with zero attached hydrogens (tertiary/aromatic N) is 4. The fourth-order valence-corrected chi connectivity index (χ4v) is 4.56. The Morgan fingerprint density at radius 2 is 1.50 bits per heavy atom. The van der Waals surface area contributed by atoms with Crippen molar-refractivity contribution in [1.29, 1.82) is 5.26 Å². The molecule has 5 rings (SSSR count). The minimum atomic E-state index is -0.644. The number of azo groups is 1. The number of ether oxygens (including phenoxy) is 1. The molecule has 0 fully saturated rings. The first-order valence-corrected chi connectivity index (χ1v) is 11.7. The maximum atomic E-state index is 13.9. The molecule has 4 aromatic rings. The predicted molar refractivity (Wildman–Crippen MR) is 139 cm³/mol. The normalized spacial score (nSPS) is 12.7. The number of methoxy groups -OCH3 is 1. The molecule has 2 amide bonds. The van der Waals surface area contributed by atoms with Crippen molar-refractivity contribution in [1.82, 2.24) is 9.88 Å². The smallest absolute Gasteiger partial charge is 0.269 e. The number of amides is 2. The molecule has 0 bridgehead atoms. The van der Waals surface area contributed by atoms with E-state index in [1.165, 1.54) is 12.0 Å². The van der Waals surface area contributed by atoms with E-state index in [4.69, 9.17) is 4.74 Å². The monoisotopic (exact) mass is 503 g/mol. The number of hydrogen-bond donors (Lipinski definition) is 1. The van der Waals surface area contributed by atoms with Gasteiger partial charge in [-0.3, -0.25) is 24.3 Å². The third-order valence-corrected chi connectivity index (χ3v) is 6.39. The van der Waals surface area contributed by atoms with E-state index in [-0.39, 0.29) is 39.5 Å². The van der Waals surface area contributed by atoms with Crippen LogP contribution in [-0.2, 0) is 0 Å². The van der Waals surface area contributed by atoms with Crippen molar-refractivity contribution in [3.63, 3.8) is 0 Å². The molecule has 0 saturated heterocycles. The molecule has 1 aliphatic rings. The lowest BCUT2D eigenvalue weighted by molar-refractivity contribution is 0.0609. The van der Waals surface area contributed by atoms with Gasteiger partial charge in [0.05, 0.1) is 30.0 Å². The largest absolute Gasteiger partial charge is 0.481 e. The second-order valence-electron chi connectivity index (χ2n) is 8.55. The molecular formula is C29H21N5O4. The number of hydrogen-bond acceptors (Lipinski definition) is 7. The Labute approximate surface area is 217 Å². The Morgan fingerprint density at radius 1 is 0.868 bits per heavy atom. The first-order valence-electron chi connectivity index (χ1n) is 11.7. The van der Waals surface area contributed by atoms with Gasteiger partial charge in [0.1, 0.15) is 11.6 Å². The fourth-order valence-electron chi connectivity index (χ4n) is 4.56. The lowest BCUT2D eigenvalue weighted by Crippen LogP contribution is -2.34. The minimum Gasteiger partial charge on any atom is -0.481 e. The SMILES string of the molecule is COc1[nH]c(=O)c(C#N)c(C)c1N=Nc1cccc2c1C(=O)N(C(c1ccccc1)c1ccccc1)C2=O. The summed E-state index contributed by atoms with van der Waals surface area (Å²) < 4.78 is 5.22. The molecular weight excluding hydrogens is 482 g/mol. The van der Waals surface area contributed by atoms with Gasteiger partial charge in [-0.1, -0.05) is 66.7 Å². The Hall–Kier alpha value is -5.36. The first-order chi connectivity index (χ1) is 18.5. The number of carbonyl (C=O) groups excluding carboxylic acids is 2. The molecule has 38 heavy (non-hydrogen) atoms. The van der Waals surface area contributed by atoms with E-state index >= 15 is 0 Å². The summed E-state index contributed by atoms with van der Waals surface area (Å²) in [4.78, 5) is 43.3. The molecule has 3 aromatic carbocycles. The van der Waals surface area contributed by atoms with Crippen LogP contribution in [0.5, 0.6) is 5.88 Å². The highest BCUT2D eigenvalue weighted by Gasteiger charge is 2.42. The van der Waals surface area contributed by atoms with Crippen molar-refractivity contribution in [2.75, 3.05) is 7.11 Å². The van der Waals surface area contributed by atoms with Crippen molar-refractivity contribution in [2.45, 2.75) is 13.0 Å². The van der Waals surface area contributed by atoms with Crippen LogP contribution in [0.25, 0.3) is 0 Å². The molecule has 0 atom stereocenters. The molecule has 9 nitrogen and oxygen atoms in total. The highest BCUT2D eigenvalue weighted by atomic mass is 16.5. The van der Waals surface area contributed by atoms with Crippen LogP contribution in [0.2, 0.25) is 0 Å². The Kier molecular flexibility index (Phi) is 6.37. The number of aromatic amines is 1. The number of fused-ring (bicyclic) bond motifs is 1. The van der Waals surface area contributed by atoms with Gasteiger partial charge in [-0.15, -0.1) is 10.2 Å². The van der Waals surface area contributed by atoms with Gasteiger partial charge in [0.25, 0.3) is 17.4 Å². The van der Waals surface area contributed by atoms with Crippen LogP contribution >= 0.6 is 0 Å². The highest BCUT2D eigenvalue weighted by Crippen LogP contribution is 2.40. The van der Waals surface area contributed by atoms with Gasteiger partial charge >= 0.3 is 0 Å². The number of nitrogens with one attached hydrogen (secondary N) is 1. The topological polar surface area (TPSA) is 128 Å². The van der Waals surface area contributed by atoms with Crippen LogP contribution in [0, 0.1) is 18.3 Å². The third kappa shape index (κ3) is 4.04. The zero-order valence-electron chi connectivity index (χ0n) is 20.5. The van der Waals surface area contributed by atoms with Gasteiger partial charge in [0.15, 0.2) is 5.69 Å². The second kappa shape index (κ2) is 9.95. The standard InChI is InChI=1S/C29H21N5O4/c1-17-21(16-30)26(35)31-27(38-2)24(17)33-32-22-15-9-14-20-23(22)29(37)34(28(20)36)25(18-10-5-3-6-11-18)19-12-7-4-8-13-19/h3-15,25H,1-2H3,(H,31,35). The quantitative estimate of drug-likeness (QED) is 0.280. The van der Waals surface area contributed by atoms with E-state index in [1.54, 1.807) is 25.1 Å². The van der Waals surface area contributed by atoms with Gasteiger partial charge in [-0.2, -0.15) is 5.26 Å². The van der Waals surface area contributed by atoms with E-state index in [0.29, 0.717) is 0 Å². The third-order valence-electron chi connectivity index (χ3n) is 6.39. The molecule has 1 aliphatic heterocycles. The Bertz CT molecular complexity index is 1650. The van der Waals surface area contributed by atoms with Crippen LogP contribution in [0.4, 0.5) is 11.4 Å². The molecule has 0 spiro atoms. The molecule has 0 aliphatic carbocycles. The molecule has 0 radical (unpaired) electrons. The maximum absolute atomic E-state index is 13.9. The number of imide groups is 1. The van der Waals surface area contributed by atoms with Crippen molar-refractivity contribution >= 4 is 23.2 Å². The number of pyridine rings is 1. The van der Waals surface area contributed by atoms with E-state index in [1.807, 2.05) is 66.7 Å². The van der Waals surface area contributed by atoms with E-state index in [0.717, 1.165) is 11.1 Å². The summed E-state index contributed by atoms with van der Waals surface area (Å²) in [6, 6.07) is 24.7. The average molecular weight is 504 g/mol. The number of carbonyl (C=O) groups is 2. The summed E-state index contributed by atoms with van der Waals surface area (Å²) in [6.45, 7) is 1.56. The van der Waals surface area contributed by atoms with Gasteiger partial charge in [0, 0.05) is 5.56 Å². The van der Waals surface area contributed by atoms with Crippen LogP contribution in [0.3, 0.4) is 0 Å². The molecule has 0 unspecified atom stereocenters. The summed E-state index contributed by atoms with van der Waals surface area (Å²) in [5.74, 6) is -0.912. The van der Waals surface area contributed by atoms with Gasteiger partial charge in [0.2, 0.25) is 5.88 Å². The number of aromatic nitrogens is 1. The summed E-state index contributed by atoms with van der Waals surface area (Å²) >= 11 is 0. The first kappa shape index (κ1) is 24.3. The number of rotatable bonds is 6. The van der Waals surface area contributed by atoms with Crippen molar-refractivity contribution in [3.8, 4) is 11.9 Å². The summed E-state index contributed by atoms with van der Waals surface area (Å²) in [5.41, 5.74) is 1.78.